The molecule has 0 unspecified atom stereocenters. The van der Waals surface area contributed by atoms with Gasteiger partial charge in [0.1, 0.15) is 0 Å². The number of nitrogens with two attached hydrogens (primary N) is 1. The summed E-state index contributed by atoms with van der Waals surface area (Å²) in [5.41, 5.74) is 5.99. The molecule has 0 spiro atoms. The average Bonchev–Trinajstić information content (AvgIpc) is 3.16. The largest absolute Gasteiger partial charge is 0.452 e. The molecule has 1 aromatic carbocycles. The van der Waals surface area contributed by atoms with Gasteiger partial charge in [-0.1, -0.05) is 6.92 Å². The second-order valence-electron chi connectivity index (χ2n) is 5.33. The van der Waals surface area contributed by atoms with Crippen molar-refractivity contribution in [2.75, 3.05) is 5.32 Å². The van der Waals surface area contributed by atoms with Crippen LogP contribution in [0.25, 0.3) is 0 Å². The number of esters is 1. The Labute approximate surface area is 122 Å². The molecule has 112 valence electrons. The first-order chi connectivity index (χ1) is 9.88. The van der Waals surface area contributed by atoms with Gasteiger partial charge in [0.05, 0.1) is 5.92 Å². The Bertz CT molecular complexity index is 568. The lowest BCUT2D eigenvalue weighted by Gasteiger charge is -2.13. The lowest BCUT2D eigenvalue weighted by atomic mass is 10.2. The molecule has 3 N–H and O–H groups in total. The van der Waals surface area contributed by atoms with Crippen LogP contribution in [0, 0.1) is 11.8 Å². The summed E-state index contributed by atoms with van der Waals surface area (Å²) in [5.74, 6) is -1.00. The first-order valence-corrected chi connectivity index (χ1v) is 6.79. The van der Waals surface area contributed by atoms with Crippen molar-refractivity contribution in [1.29, 1.82) is 0 Å². The van der Waals surface area contributed by atoms with Gasteiger partial charge in [-0.3, -0.25) is 14.4 Å². The molecule has 0 saturated heterocycles. The van der Waals surface area contributed by atoms with E-state index in [1.165, 1.54) is 19.1 Å². The van der Waals surface area contributed by atoms with Crippen molar-refractivity contribution in [3.8, 4) is 0 Å². The number of carbonyl (C=O) groups excluding carboxylic acids is 3. The highest BCUT2D eigenvalue weighted by molar-refractivity contribution is 5.96. The summed E-state index contributed by atoms with van der Waals surface area (Å²) in [5, 5.41) is 2.62. The van der Waals surface area contributed by atoms with Gasteiger partial charge in [0.2, 0.25) is 5.91 Å². The summed E-state index contributed by atoms with van der Waals surface area (Å²) >= 11 is 0. The van der Waals surface area contributed by atoms with Gasteiger partial charge >= 0.3 is 5.97 Å². The zero-order chi connectivity index (χ0) is 15.6. The van der Waals surface area contributed by atoms with Crippen molar-refractivity contribution in [3.05, 3.63) is 29.8 Å². The van der Waals surface area contributed by atoms with Crippen LogP contribution >= 0.6 is 0 Å². The lowest BCUT2D eigenvalue weighted by molar-refractivity contribution is -0.154. The molecule has 21 heavy (non-hydrogen) atoms. The van der Waals surface area contributed by atoms with E-state index in [9.17, 15) is 14.4 Å². The summed E-state index contributed by atoms with van der Waals surface area (Å²) in [6, 6.07) is 6.16. The number of primary amides is 1. The molecule has 1 aliphatic carbocycles. The monoisotopic (exact) mass is 290 g/mol. The topological polar surface area (TPSA) is 98.5 Å². The number of benzene rings is 1. The van der Waals surface area contributed by atoms with Gasteiger partial charge in [-0.15, -0.1) is 0 Å². The van der Waals surface area contributed by atoms with E-state index in [1.54, 1.807) is 12.1 Å². The maximum Gasteiger partial charge on any atom is 0.309 e. The first-order valence-electron chi connectivity index (χ1n) is 6.79. The molecule has 1 aliphatic rings. The number of carbonyl (C=O) groups is 3. The van der Waals surface area contributed by atoms with E-state index in [-0.39, 0.29) is 11.9 Å². The Morgan fingerprint density at radius 3 is 2.33 bits per heavy atom. The van der Waals surface area contributed by atoms with Gasteiger partial charge in [0, 0.05) is 11.3 Å². The van der Waals surface area contributed by atoms with E-state index in [4.69, 9.17) is 10.5 Å². The molecule has 0 aromatic heterocycles. The van der Waals surface area contributed by atoms with E-state index in [0.717, 1.165) is 6.42 Å². The number of anilines is 1. The molecule has 2 rings (SSSR count). The second kappa shape index (κ2) is 5.95. The SMILES string of the molecule is C[C@H](OC(=O)[C@H]1C[C@H]1C)C(=O)Nc1ccc(C(N)=O)cc1. The van der Waals surface area contributed by atoms with Crippen molar-refractivity contribution in [1.82, 2.24) is 0 Å². The fourth-order valence-electron chi connectivity index (χ4n) is 1.93. The third kappa shape index (κ3) is 3.81. The van der Waals surface area contributed by atoms with Gasteiger partial charge in [-0.25, -0.2) is 0 Å². The molecule has 1 aromatic rings. The van der Waals surface area contributed by atoms with Crippen molar-refractivity contribution in [3.63, 3.8) is 0 Å². The van der Waals surface area contributed by atoms with Gasteiger partial charge < -0.3 is 15.8 Å². The third-order valence-electron chi connectivity index (χ3n) is 3.51. The van der Waals surface area contributed by atoms with Gasteiger partial charge in [-0.2, -0.15) is 0 Å². The zero-order valence-electron chi connectivity index (χ0n) is 12.0. The molecule has 1 saturated carbocycles. The van der Waals surface area contributed by atoms with Crippen molar-refractivity contribution < 1.29 is 19.1 Å². The summed E-state index contributed by atoms with van der Waals surface area (Å²) in [4.78, 5) is 34.5. The zero-order valence-corrected chi connectivity index (χ0v) is 12.0. The number of hydrogen-bond donors (Lipinski definition) is 2. The summed E-state index contributed by atoms with van der Waals surface area (Å²) < 4.78 is 5.12. The minimum atomic E-state index is -0.860. The molecule has 0 heterocycles. The van der Waals surface area contributed by atoms with Crippen LogP contribution in [0.2, 0.25) is 0 Å². The van der Waals surface area contributed by atoms with E-state index in [2.05, 4.69) is 5.32 Å². The number of ether oxygens (including phenoxy) is 1. The maximum absolute atomic E-state index is 11.9. The van der Waals surface area contributed by atoms with E-state index >= 15 is 0 Å². The minimum Gasteiger partial charge on any atom is -0.452 e. The molecule has 0 radical (unpaired) electrons. The molecule has 1 fully saturated rings. The van der Waals surface area contributed by atoms with Crippen molar-refractivity contribution in [2.24, 2.45) is 17.6 Å². The summed E-state index contributed by atoms with van der Waals surface area (Å²) in [7, 11) is 0. The highest BCUT2D eigenvalue weighted by Gasteiger charge is 2.41. The quantitative estimate of drug-likeness (QED) is 0.799. The number of rotatable bonds is 5. The maximum atomic E-state index is 11.9. The molecule has 6 nitrogen and oxygen atoms in total. The van der Waals surface area contributed by atoms with Crippen LogP contribution in [0.3, 0.4) is 0 Å². The minimum absolute atomic E-state index is 0.0740. The Morgan fingerprint density at radius 2 is 1.86 bits per heavy atom. The lowest BCUT2D eigenvalue weighted by Crippen LogP contribution is -2.30. The Morgan fingerprint density at radius 1 is 1.29 bits per heavy atom. The Kier molecular flexibility index (Phi) is 4.26. The van der Waals surface area contributed by atoms with Crippen LogP contribution in [-0.2, 0) is 14.3 Å². The number of nitrogens with one attached hydrogen (secondary N) is 1. The summed E-state index contributed by atoms with van der Waals surface area (Å²) in [6.07, 6.45) is -0.0389. The molecule has 3 atom stereocenters. The van der Waals surface area contributed by atoms with Crippen LogP contribution in [0.1, 0.15) is 30.6 Å². The summed E-state index contributed by atoms with van der Waals surface area (Å²) in [6.45, 7) is 3.50. The molecule has 0 bridgehead atoms. The predicted octanol–water partition coefficient (Wildman–Crippen LogP) is 1.31. The van der Waals surface area contributed by atoms with Crippen molar-refractivity contribution in [2.45, 2.75) is 26.4 Å². The normalized spacial score (nSPS) is 21.2. The standard InChI is InChI=1S/C15H18N2O4/c1-8-7-12(8)15(20)21-9(2)14(19)17-11-5-3-10(4-6-11)13(16)18/h3-6,8-9,12H,7H2,1-2H3,(H2,16,18)(H,17,19)/t8-,9+,12+/m1/s1. The molecule has 6 heteroatoms. The Hall–Kier alpha value is -2.37. The third-order valence-corrected chi connectivity index (χ3v) is 3.51. The van der Waals surface area contributed by atoms with Gasteiger partial charge in [0.15, 0.2) is 6.10 Å². The first kappa shape index (κ1) is 15.0. The van der Waals surface area contributed by atoms with Crippen LogP contribution in [0.15, 0.2) is 24.3 Å². The van der Waals surface area contributed by atoms with Crippen molar-refractivity contribution >= 4 is 23.5 Å². The fraction of sp³-hybridized carbons (Fsp3) is 0.400. The van der Waals surface area contributed by atoms with Gasteiger partial charge in [-0.05, 0) is 43.5 Å². The van der Waals surface area contributed by atoms with Crippen LogP contribution in [0.5, 0.6) is 0 Å². The highest BCUT2D eigenvalue weighted by Crippen LogP contribution is 2.38. The molecular formula is C15H18N2O4. The van der Waals surface area contributed by atoms with E-state index in [0.29, 0.717) is 17.2 Å². The smallest absolute Gasteiger partial charge is 0.309 e. The molecule has 0 aliphatic heterocycles. The number of hydrogen-bond acceptors (Lipinski definition) is 4. The van der Waals surface area contributed by atoms with E-state index < -0.39 is 17.9 Å². The van der Waals surface area contributed by atoms with Crippen LogP contribution in [0.4, 0.5) is 5.69 Å². The van der Waals surface area contributed by atoms with Crippen LogP contribution in [-0.4, -0.2) is 23.9 Å². The highest BCUT2D eigenvalue weighted by atomic mass is 16.5. The molecular weight excluding hydrogens is 272 g/mol. The molecule has 2 amide bonds. The number of amides is 2. The predicted molar refractivity (Wildman–Crippen MR) is 76.4 cm³/mol. The Balaban J connectivity index is 1.88. The van der Waals surface area contributed by atoms with Gasteiger partial charge in [0.25, 0.3) is 5.91 Å². The average molecular weight is 290 g/mol. The van der Waals surface area contributed by atoms with Crippen LogP contribution < -0.4 is 11.1 Å². The second-order valence-corrected chi connectivity index (χ2v) is 5.33. The van der Waals surface area contributed by atoms with E-state index in [1.807, 2.05) is 6.92 Å². The fourth-order valence-corrected chi connectivity index (χ4v) is 1.93.